The summed E-state index contributed by atoms with van der Waals surface area (Å²) in [6.07, 6.45) is -0.938. The molecule has 0 heterocycles. The Morgan fingerprint density at radius 3 is 2.08 bits per heavy atom. The summed E-state index contributed by atoms with van der Waals surface area (Å²) in [7, 11) is 0. The number of carbonyl (C=O) groups excluding carboxylic acids is 1. The lowest BCUT2D eigenvalue weighted by molar-refractivity contribution is -0.120. The predicted octanol–water partition coefficient (Wildman–Crippen LogP) is 6.11. The summed E-state index contributed by atoms with van der Waals surface area (Å²) < 4.78 is -1.85. The lowest BCUT2D eigenvalue weighted by Gasteiger charge is -2.28. The van der Waals surface area contributed by atoms with Gasteiger partial charge in [0, 0.05) is 5.02 Å². The van der Waals surface area contributed by atoms with E-state index < -0.39 is 9.96 Å². The second-order valence-electron chi connectivity index (χ2n) is 5.09. The van der Waals surface area contributed by atoms with E-state index in [1.807, 2.05) is 30.3 Å². The van der Waals surface area contributed by atoms with Crippen molar-refractivity contribution < 1.29 is 4.79 Å². The Bertz CT molecular complexity index is 725. The first-order valence-electron chi connectivity index (χ1n) is 6.98. The summed E-state index contributed by atoms with van der Waals surface area (Å²) >= 11 is 36.0. The second kappa shape index (κ2) is 8.90. The molecule has 0 saturated heterocycles. The molecule has 0 aliphatic carbocycles. The quantitative estimate of drug-likeness (QED) is 0.417. The Balaban J connectivity index is 2.16. The zero-order valence-corrected chi connectivity index (χ0v) is 17.0. The maximum absolute atomic E-state index is 12.3. The fourth-order valence-electron chi connectivity index (χ4n) is 2.02. The van der Waals surface area contributed by atoms with E-state index >= 15 is 0 Å². The van der Waals surface area contributed by atoms with Gasteiger partial charge in [0.25, 0.3) is 0 Å². The van der Waals surface area contributed by atoms with Gasteiger partial charge < -0.3 is 10.6 Å². The molecule has 1 amide bonds. The van der Waals surface area contributed by atoms with Crippen molar-refractivity contribution in [1.82, 2.24) is 5.32 Å². The number of benzene rings is 2. The van der Waals surface area contributed by atoms with Crippen molar-refractivity contribution in [3.63, 3.8) is 0 Å². The van der Waals surface area contributed by atoms with Crippen LogP contribution >= 0.6 is 69.6 Å². The minimum absolute atomic E-state index is 0.127. The first-order valence-corrected chi connectivity index (χ1v) is 9.24. The Labute approximate surface area is 175 Å². The first-order chi connectivity index (χ1) is 11.7. The minimum atomic E-state index is -1.85. The third-order valence-electron chi connectivity index (χ3n) is 3.14. The summed E-state index contributed by atoms with van der Waals surface area (Å²) in [6.45, 7) is 0. The number of alkyl halides is 3. The molecule has 0 bridgehead atoms. The second-order valence-corrected chi connectivity index (χ2v) is 8.71. The average molecular weight is 461 g/mol. The summed E-state index contributed by atoms with van der Waals surface area (Å²) in [5.41, 5.74) is 1.12. The van der Waals surface area contributed by atoms with Gasteiger partial charge in [0.2, 0.25) is 9.70 Å². The molecule has 0 aliphatic rings. The van der Waals surface area contributed by atoms with Crippen LogP contribution in [-0.2, 0) is 11.2 Å². The fraction of sp³-hybridized carbons (Fsp3) is 0.188. The van der Waals surface area contributed by atoms with Crippen molar-refractivity contribution in [3.8, 4) is 0 Å². The monoisotopic (exact) mass is 458 g/mol. The van der Waals surface area contributed by atoms with Crippen LogP contribution < -0.4 is 10.6 Å². The molecule has 2 rings (SSSR count). The topological polar surface area (TPSA) is 41.1 Å². The Morgan fingerprint density at radius 2 is 1.56 bits per heavy atom. The van der Waals surface area contributed by atoms with Crippen molar-refractivity contribution >= 4 is 81.2 Å². The van der Waals surface area contributed by atoms with E-state index in [1.165, 1.54) is 12.1 Å². The molecule has 0 unspecified atom stereocenters. The van der Waals surface area contributed by atoms with Crippen LogP contribution in [0, 0.1) is 0 Å². The van der Waals surface area contributed by atoms with Gasteiger partial charge in [-0.05, 0) is 17.7 Å². The molecule has 2 aromatic rings. The molecule has 0 aliphatic heterocycles. The number of carbonyl (C=O) groups is 1. The highest BCUT2D eigenvalue weighted by atomic mass is 35.6. The number of halogens is 6. The fourth-order valence-corrected chi connectivity index (χ4v) is 3.27. The number of anilines is 1. The van der Waals surface area contributed by atoms with Gasteiger partial charge in [-0.15, -0.1) is 0 Å². The first kappa shape index (κ1) is 20.8. The summed E-state index contributed by atoms with van der Waals surface area (Å²) in [4.78, 5) is 12.3. The van der Waals surface area contributed by atoms with Gasteiger partial charge in [-0.2, -0.15) is 0 Å². The number of nitrogens with one attached hydrogen (secondary N) is 2. The van der Waals surface area contributed by atoms with Gasteiger partial charge >= 0.3 is 0 Å². The van der Waals surface area contributed by atoms with Crippen molar-refractivity contribution in [2.24, 2.45) is 0 Å². The highest BCUT2D eigenvalue weighted by Gasteiger charge is 2.35. The van der Waals surface area contributed by atoms with Crippen molar-refractivity contribution in [2.45, 2.75) is 16.4 Å². The highest BCUT2D eigenvalue weighted by Crippen LogP contribution is 2.37. The van der Waals surface area contributed by atoms with Crippen molar-refractivity contribution in [3.05, 3.63) is 63.1 Å². The highest BCUT2D eigenvalue weighted by molar-refractivity contribution is 6.68. The van der Waals surface area contributed by atoms with Crippen molar-refractivity contribution in [2.75, 3.05) is 5.32 Å². The summed E-state index contributed by atoms with van der Waals surface area (Å²) in [6, 6.07) is 12.1. The normalized spacial score (nSPS) is 12.6. The molecule has 0 spiro atoms. The lowest BCUT2D eigenvalue weighted by atomic mass is 10.1. The molecule has 0 fully saturated rings. The van der Waals surface area contributed by atoms with E-state index in [0.29, 0.717) is 10.7 Å². The summed E-state index contributed by atoms with van der Waals surface area (Å²) in [5, 5.41) is 6.30. The molecule has 9 heteroatoms. The van der Waals surface area contributed by atoms with Gasteiger partial charge in [0.15, 0.2) is 0 Å². The summed E-state index contributed by atoms with van der Waals surface area (Å²) in [5.74, 6) is -0.337. The zero-order valence-electron chi connectivity index (χ0n) is 12.5. The number of hydrogen-bond acceptors (Lipinski definition) is 2. The van der Waals surface area contributed by atoms with E-state index in [4.69, 9.17) is 69.6 Å². The molecular weight excluding hydrogens is 449 g/mol. The third kappa shape index (κ3) is 6.28. The zero-order chi connectivity index (χ0) is 18.6. The molecule has 0 radical (unpaired) electrons. The lowest BCUT2D eigenvalue weighted by Crippen LogP contribution is -2.49. The van der Waals surface area contributed by atoms with Crippen LogP contribution in [0.25, 0.3) is 0 Å². The molecule has 25 heavy (non-hydrogen) atoms. The Kier molecular flexibility index (Phi) is 7.39. The van der Waals surface area contributed by atoms with Crippen LogP contribution in [0.3, 0.4) is 0 Å². The SMILES string of the molecule is O=C(Cc1ccccc1)N[C@@H](Nc1c(Cl)cc(Cl)cc1Cl)C(Cl)(Cl)Cl. The van der Waals surface area contributed by atoms with Gasteiger partial charge in [0.05, 0.1) is 22.2 Å². The van der Waals surface area contributed by atoms with Gasteiger partial charge in [-0.3, -0.25) is 4.79 Å². The van der Waals surface area contributed by atoms with E-state index in [9.17, 15) is 4.79 Å². The van der Waals surface area contributed by atoms with Gasteiger partial charge in [0.1, 0.15) is 6.17 Å². The van der Waals surface area contributed by atoms with Crippen LogP contribution in [0.4, 0.5) is 5.69 Å². The van der Waals surface area contributed by atoms with Crippen LogP contribution in [0.5, 0.6) is 0 Å². The number of rotatable bonds is 5. The smallest absolute Gasteiger partial charge is 0.228 e. The molecule has 2 N–H and O–H groups in total. The molecule has 0 saturated carbocycles. The van der Waals surface area contributed by atoms with E-state index in [-0.39, 0.29) is 22.4 Å². The maximum Gasteiger partial charge on any atom is 0.228 e. The van der Waals surface area contributed by atoms with Gasteiger partial charge in [-0.1, -0.05) is 99.9 Å². The average Bonchev–Trinajstić information content (AvgIpc) is 2.49. The Morgan fingerprint density at radius 1 is 1.00 bits per heavy atom. The minimum Gasteiger partial charge on any atom is -0.359 e. The number of hydrogen-bond donors (Lipinski definition) is 2. The van der Waals surface area contributed by atoms with Crippen LogP contribution in [0.2, 0.25) is 15.1 Å². The molecule has 1 atom stereocenters. The molecule has 3 nitrogen and oxygen atoms in total. The van der Waals surface area contributed by atoms with E-state index in [2.05, 4.69) is 10.6 Å². The molecular formula is C16H12Cl6N2O. The molecule has 2 aromatic carbocycles. The van der Waals surface area contributed by atoms with Crippen LogP contribution in [0.15, 0.2) is 42.5 Å². The molecule has 134 valence electrons. The molecule has 0 aromatic heterocycles. The standard InChI is InChI=1S/C16H12Cl6N2O/c17-10-7-11(18)14(12(19)8-10)24-15(16(20,21)22)23-13(25)6-9-4-2-1-3-5-9/h1-5,7-8,15,24H,6H2,(H,23,25)/t15-/m0/s1. The maximum atomic E-state index is 12.3. The van der Waals surface area contributed by atoms with Crippen LogP contribution in [0.1, 0.15) is 5.56 Å². The van der Waals surface area contributed by atoms with Gasteiger partial charge in [-0.25, -0.2) is 0 Å². The van der Waals surface area contributed by atoms with Crippen molar-refractivity contribution in [1.29, 1.82) is 0 Å². The third-order valence-corrected chi connectivity index (χ3v) is 4.60. The van der Waals surface area contributed by atoms with E-state index in [0.717, 1.165) is 5.56 Å². The number of amides is 1. The predicted molar refractivity (Wildman–Crippen MR) is 107 cm³/mol. The van der Waals surface area contributed by atoms with Crippen LogP contribution in [-0.4, -0.2) is 15.9 Å². The Hall–Kier alpha value is -0.550. The van der Waals surface area contributed by atoms with E-state index in [1.54, 1.807) is 0 Å². The largest absolute Gasteiger partial charge is 0.359 e.